The van der Waals surface area contributed by atoms with E-state index in [2.05, 4.69) is 26.1 Å². The summed E-state index contributed by atoms with van der Waals surface area (Å²) in [4.78, 5) is 0.259. The van der Waals surface area contributed by atoms with Crippen LogP contribution in [-0.2, 0) is 0 Å². The number of hydrogen-bond acceptors (Lipinski definition) is 2. The van der Waals surface area contributed by atoms with Crippen LogP contribution in [0.4, 0.5) is 0 Å². The molecule has 0 fully saturated rings. The van der Waals surface area contributed by atoms with E-state index in [1.54, 1.807) is 0 Å². The Labute approximate surface area is 56.2 Å². The highest BCUT2D eigenvalue weighted by atomic mass is 32.2. The monoisotopic (exact) mass is 133 g/mol. The standard InChI is InChI=1S/C6H15NS/c1-5-8-6(2,3)7-4/h7H,5H2,1-4H3. The molecule has 0 amide bonds. The second-order valence-electron chi connectivity index (χ2n) is 2.19. The predicted molar refractivity (Wildman–Crippen MR) is 41.3 cm³/mol. The third kappa shape index (κ3) is 3.33. The molecule has 0 aromatic carbocycles. The van der Waals surface area contributed by atoms with E-state index < -0.39 is 0 Å². The molecular weight excluding hydrogens is 118 g/mol. The highest BCUT2D eigenvalue weighted by Gasteiger charge is 2.11. The largest absolute Gasteiger partial charge is 0.306 e. The molecule has 8 heavy (non-hydrogen) atoms. The third-order valence-corrected chi connectivity index (χ3v) is 2.32. The highest BCUT2D eigenvalue weighted by Crippen LogP contribution is 2.18. The summed E-state index contributed by atoms with van der Waals surface area (Å²) >= 11 is 1.92. The first-order valence-electron chi connectivity index (χ1n) is 2.95. The summed E-state index contributed by atoms with van der Waals surface area (Å²) in [6.45, 7) is 6.53. The van der Waals surface area contributed by atoms with E-state index in [1.165, 1.54) is 5.75 Å². The van der Waals surface area contributed by atoms with Crippen molar-refractivity contribution in [3.05, 3.63) is 0 Å². The first-order valence-corrected chi connectivity index (χ1v) is 3.94. The average Bonchev–Trinajstić information content (AvgIpc) is 1.67. The molecule has 1 N–H and O–H groups in total. The van der Waals surface area contributed by atoms with E-state index in [0.29, 0.717) is 0 Å². The minimum atomic E-state index is 0.259. The molecule has 0 spiro atoms. The molecule has 0 aromatic rings. The summed E-state index contributed by atoms with van der Waals surface area (Å²) in [5, 5.41) is 3.21. The molecule has 0 radical (unpaired) electrons. The highest BCUT2D eigenvalue weighted by molar-refractivity contribution is 8.00. The fourth-order valence-electron chi connectivity index (χ4n) is 0.433. The summed E-state index contributed by atoms with van der Waals surface area (Å²) in [7, 11) is 1.99. The van der Waals surface area contributed by atoms with Gasteiger partial charge in [0.15, 0.2) is 0 Å². The van der Waals surface area contributed by atoms with E-state index in [-0.39, 0.29) is 4.87 Å². The van der Waals surface area contributed by atoms with Crippen LogP contribution in [0.25, 0.3) is 0 Å². The van der Waals surface area contributed by atoms with Crippen molar-refractivity contribution in [3.63, 3.8) is 0 Å². The summed E-state index contributed by atoms with van der Waals surface area (Å²) < 4.78 is 0. The zero-order chi connectivity index (χ0) is 6.62. The third-order valence-electron chi connectivity index (χ3n) is 1.11. The van der Waals surface area contributed by atoms with Gasteiger partial charge in [0.2, 0.25) is 0 Å². The summed E-state index contributed by atoms with van der Waals surface area (Å²) in [6.07, 6.45) is 0. The number of hydrogen-bond donors (Lipinski definition) is 1. The molecule has 0 rings (SSSR count). The maximum Gasteiger partial charge on any atom is 0.0585 e. The van der Waals surface area contributed by atoms with Crippen LogP contribution in [0.5, 0.6) is 0 Å². The van der Waals surface area contributed by atoms with Gasteiger partial charge in [-0.2, -0.15) is 0 Å². The number of thioether (sulfide) groups is 1. The summed E-state index contributed by atoms with van der Waals surface area (Å²) in [5.74, 6) is 1.17. The topological polar surface area (TPSA) is 12.0 Å². The Bertz CT molecular complexity index is 61.5. The predicted octanol–water partition coefficient (Wildman–Crippen LogP) is 1.70. The first kappa shape index (κ1) is 8.31. The maximum absolute atomic E-state index is 3.21. The van der Waals surface area contributed by atoms with Crippen LogP contribution in [0.3, 0.4) is 0 Å². The van der Waals surface area contributed by atoms with Gasteiger partial charge >= 0.3 is 0 Å². The second kappa shape index (κ2) is 3.36. The van der Waals surface area contributed by atoms with E-state index >= 15 is 0 Å². The van der Waals surface area contributed by atoms with Crippen molar-refractivity contribution in [2.24, 2.45) is 0 Å². The van der Waals surface area contributed by atoms with Crippen LogP contribution in [0.15, 0.2) is 0 Å². The molecule has 0 aliphatic rings. The SMILES string of the molecule is CCSC(C)(C)NC. The Morgan fingerprint density at radius 1 is 1.50 bits per heavy atom. The van der Waals surface area contributed by atoms with Crippen molar-refractivity contribution in [1.82, 2.24) is 5.32 Å². The van der Waals surface area contributed by atoms with Crippen LogP contribution >= 0.6 is 11.8 Å². The van der Waals surface area contributed by atoms with Crippen LogP contribution in [0.1, 0.15) is 20.8 Å². The summed E-state index contributed by atoms with van der Waals surface area (Å²) in [5.41, 5.74) is 0. The smallest absolute Gasteiger partial charge is 0.0585 e. The van der Waals surface area contributed by atoms with Gasteiger partial charge in [-0.25, -0.2) is 0 Å². The Morgan fingerprint density at radius 3 is 2.12 bits per heavy atom. The lowest BCUT2D eigenvalue weighted by Gasteiger charge is -2.21. The van der Waals surface area contributed by atoms with E-state index in [0.717, 1.165) is 0 Å². The van der Waals surface area contributed by atoms with Gasteiger partial charge in [0.25, 0.3) is 0 Å². The molecular formula is C6H15NS. The van der Waals surface area contributed by atoms with Gasteiger partial charge < -0.3 is 5.32 Å². The van der Waals surface area contributed by atoms with E-state index in [1.807, 2.05) is 18.8 Å². The minimum Gasteiger partial charge on any atom is -0.306 e. The Hall–Kier alpha value is 0.310. The molecule has 1 nitrogen and oxygen atoms in total. The lowest BCUT2D eigenvalue weighted by molar-refractivity contribution is 0.609. The fraction of sp³-hybridized carbons (Fsp3) is 1.00. The van der Waals surface area contributed by atoms with Crippen molar-refractivity contribution in [2.75, 3.05) is 12.8 Å². The average molecular weight is 133 g/mol. The lowest BCUT2D eigenvalue weighted by atomic mass is 10.4. The zero-order valence-corrected chi connectivity index (χ0v) is 6.93. The normalized spacial score (nSPS) is 12.0. The van der Waals surface area contributed by atoms with Crippen molar-refractivity contribution in [3.8, 4) is 0 Å². The van der Waals surface area contributed by atoms with Gasteiger partial charge in [-0.15, -0.1) is 11.8 Å². The van der Waals surface area contributed by atoms with Crippen molar-refractivity contribution in [2.45, 2.75) is 25.6 Å². The molecule has 2 heteroatoms. The van der Waals surface area contributed by atoms with Gasteiger partial charge in [-0.1, -0.05) is 6.92 Å². The molecule has 0 aliphatic heterocycles. The second-order valence-corrected chi connectivity index (χ2v) is 4.08. The Balaban J connectivity index is 3.37. The van der Waals surface area contributed by atoms with Gasteiger partial charge in [0, 0.05) is 0 Å². The number of nitrogens with one attached hydrogen (secondary N) is 1. The van der Waals surface area contributed by atoms with Gasteiger partial charge in [0.05, 0.1) is 4.87 Å². The molecule has 50 valence electrons. The number of rotatable bonds is 3. The fourth-order valence-corrected chi connectivity index (χ4v) is 1.30. The van der Waals surface area contributed by atoms with Gasteiger partial charge in [-0.05, 0) is 26.6 Å². The van der Waals surface area contributed by atoms with Crippen LogP contribution in [-0.4, -0.2) is 17.7 Å². The Morgan fingerprint density at radius 2 is 2.00 bits per heavy atom. The zero-order valence-electron chi connectivity index (χ0n) is 6.12. The quantitative estimate of drug-likeness (QED) is 0.588. The van der Waals surface area contributed by atoms with Crippen molar-refractivity contribution in [1.29, 1.82) is 0 Å². The van der Waals surface area contributed by atoms with Crippen LogP contribution < -0.4 is 5.32 Å². The Kier molecular flexibility index (Phi) is 3.49. The van der Waals surface area contributed by atoms with E-state index in [9.17, 15) is 0 Å². The van der Waals surface area contributed by atoms with E-state index in [4.69, 9.17) is 0 Å². The molecule has 0 unspecified atom stereocenters. The molecule has 0 heterocycles. The first-order chi connectivity index (χ1) is 3.62. The van der Waals surface area contributed by atoms with Crippen molar-refractivity contribution < 1.29 is 0 Å². The molecule has 0 saturated heterocycles. The minimum absolute atomic E-state index is 0.259. The molecule has 0 aliphatic carbocycles. The molecule has 0 aromatic heterocycles. The van der Waals surface area contributed by atoms with Gasteiger partial charge in [0.1, 0.15) is 0 Å². The maximum atomic E-state index is 3.21. The lowest BCUT2D eigenvalue weighted by Crippen LogP contribution is -2.32. The van der Waals surface area contributed by atoms with Crippen LogP contribution in [0, 0.1) is 0 Å². The van der Waals surface area contributed by atoms with Gasteiger partial charge in [-0.3, -0.25) is 0 Å². The van der Waals surface area contributed by atoms with Crippen molar-refractivity contribution >= 4 is 11.8 Å². The van der Waals surface area contributed by atoms with Crippen LogP contribution in [0.2, 0.25) is 0 Å². The molecule has 0 atom stereocenters. The summed E-state index contributed by atoms with van der Waals surface area (Å²) in [6, 6.07) is 0. The molecule has 0 saturated carbocycles. The molecule has 0 bridgehead atoms.